The van der Waals surface area contributed by atoms with Crippen molar-refractivity contribution in [1.29, 1.82) is 0 Å². The number of hydrogen-bond acceptors (Lipinski definition) is 4. The van der Waals surface area contributed by atoms with Crippen LogP contribution in [0.1, 0.15) is 44.6 Å². The Labute approximate surface area is 238 Å². The number of benzene rings is 2. The van der Waals surface area contributed by atoms with Gasteiger partial charge in [0.25, 0.3) is 0 Å². The minimum atomic E-state index is -3.97. The van der Waals surface area contributed by atoms with E-state index in [4.69, 9.17) is 46.4 Å². The lowest BCUT2D eigenvalue weighted by Gasteiger charge is -2.33. The maximum Gasteiger partial charge on any atom is 0.244 e. The van der Waals surface area contributed by atoms with Crippen LogP contribution in [0.3, 0.4) is 0 Å². The molecule has 0 heterocycles. The molecule has 0 radical (unpaired) electrons. The number of anilines is 1. The van der Waals surface area contributed by atoms with Crippen molar-refractivity contribution >= 4 is 73.9 Å². The van der Waals surface area contributed by atoms with Crippen molar-refractivity contribution < 1.29 is 18.0 Å². The van der Waals surface area contributed by atoms with Gasteiger partial charge < -0.3 is 10.2 Å². The highest BCUT2D eigenvalue weighted by Gasteiger charge is 2.32. The molecule has 0 saturated heterocycles. The topological polar surface area (TPSA) is 86.8 Å². The predicted molar refractivity (Wildman–Crippen MR) is 150 cm³/mol. The number of carbonyl (C=O) groups excluding carboxylic acids is 2. The van der Waals surface area contributed by atoms with E-state index in [1.54, 1.807) is 31.2 Å². The molecule has 1 fully saturated rings. The lowest BCUT2D eigenvalue weighted by molar-refractivity contribution is -0.139. The molecule has 1 aliphatic carbocycles. The van der Waals surface area contributed by atoms with E-state index in [1.807, 2.05) is 0 Å². The van der Waals surface area contributed by atoms with E-state index < -0.39 is 28.5 Å². The quantitative estimate of drug-likeness (QED) is 0.357. The molecule has 3 rings (SSSR count). The van der Waals surface area contributed by atoms with Gasteiger partial charge in [-0.25, -0.2) is 8.42 Å². The van der Waals surface area contributed by atoms with Gasteiger partial charge in [-0.3, -0.25) is 13.9 Å². The van der Waals surface area contributed by atoms with Gasteiger partial charge in [-0.2, -0.15) is 0 Å². The Hall–Kier alpha value is -1.71. The number of hydrogen-bond donors (Lipinski definition) is 1. The summed E-state index contributed by atoms with van der Waals surface area (Å²) < 4.78 is 26.3. The molecule has 0 aromatic heterocycles. The van der Waals surface area contributed by atoms with Gasteiger partial charge in [0.2, 0.25) is 21.8 Å². The van der Waals surface area contributed by atoms with Crippen molar-refractivity contribution in [2.75, 3.05) is 17.1 Å². The minimum absolute atomic E-state index is 0.00827. The van der Waals surface area contributed by atoms with Crippen molar-refractivity contribution in [1.82, 2.24) is 10.2 Å². The van der Waals surface area contributed by atoms with Gasteiger partial charge in [0.1, 0.15) is 12.6 Å². The molecule has 202 valence electrons. The zero-order valence-electron chi connectivity index (χ0n) is 20.5. The summed E-state index contributed by atoms with van der Waals surface area (Å²) in [6.45, 7) is 1.07. The second-order valence-electron chi connectivity index (χ2n) is 9.16. The minimum Gasteiger partial charge on any atom is -0.352 e. The van der Waals surface area contributed by atoms with Crippen LogP contribution in [-0.4, -0.2) is 50.0 Å². The zero-order valence-corrected chi connectivity index (χ0v) is 24.4. The van der Waals surface area contributed by atoms with Crippen LogP contribution in [0, 0.1) is 0 Å². The molecule has 0 unspecified atom stereocenters. The van der Waals surface area contributed by atoms with Crippen molar-refractivity contribution in [3.8, 4) is 0 Å². The second kappa shape index (κ2) is 12.9. The highest BCUT2D eigenvalue weighted by atomic mass is 35.5. The summed E-state index contributed by atoms with van der Waals surface area (Å²) in [5.74, 6) is -0.903. The van der Waals surface area contributed by atoms with Crippen molar-refractivity contribution in [2.24, 2.45) is 0 Å². The molecule has 2 aromatic carbocycles. The second-order valence-corrected chi connectivity index (χ2v) is 12.7. The first-order valence-corrected chi connectivity index (χ1v) is 15.2. The smallest absolute Gasteiger partial charge is 0.244 e. The summed E-state index contributed by atoms with van der Waals surface area (Å²) in [5.41, 5.74) is 0.700. The fraction of sp³-hybridized carbons (Fsp3) is 0.440. The van der Waals surface area contributed by atoms with Crippen LogP contribution in [0.15, 0.2) is 36.4 Å². The van der Waals surface area contributed by atoms with Crippen LogP contribution < -0.4 is 9.62 Å². The predicted octanol–water partition coefficient (Wildman–Crippen LogP) is 5.93. The highest BCUT2D eigenvalue weighted by Crippen LogP contribution is 2.35. The molecule has 1 saturated carbocycles. The summed E-state index contributed by atoms with van der Waals surface area (Å²) >= 11 is 24.5. The molecule has 37 heavy (non-hydrogen) atoms. The van der Waals surface area contributed by atoms with Gasteiger partial charge in [0, 0.05) is 17.6 Å². The van der Waals surface area contributed by atoms with Gasteiger partial charge >= 0.3 is 0 Å². The van der Waals surface area contributed by atoms with Gasteiger partial charge in [0.05, 0.1) is 27.0 Å². The molecule has 1 aliphatic rings. The molecule has 2 amide bonds. The first kappa shape index (κ1) is 29.8. The van der Waals surface area contributed by atoms with Crippen LogP contribution in [0.2, 0.25) is 20.1 Å². The Kier molecular flexibility index (Phi) is 10.4. The van der Waals surface area contributed by atoms with E-state index in [0.717, 1.165) is 42.7 Å². The number of sulfonamides is 1. The van der Waals surface area contributed by atoms with Crippen LogP contribution in [0.5, 0.6) is 0 Å². The molecular weight excluding hydrogens is 580 g/mol. The van der Waals surface area contributed by atoms with E-state index in [1.165, 1.54) is 17.0 Å². The van der Waals surface area contributed by atoms with E-state index in [2.05, 4.69) is 5.32 Å². The summed E-state index contributed by atoms with van der Waals surface area (Å²) in [5, 5.41) is 3.76. The summed E-state index contributed by atoms with van der Waals surface area (Å²) in [4.78, 5) is 28.2. The number of rotatable bonds is 9. The van der Waals surface area contributed by atoms with Crippen LogP contribution in [0.25, 0.3) is 0 Å². The average molecular weight is 609 g/mol. The molecule has 7 nitrogen and oxygen atoms in total. The Morgan fingerprint density at radius 3 is 2.27 bits per heavy atom. The Morgan fingerprint density at radius 2 is 1.65 bits per heavy atom. The number of halogens is 4. The normalized spacial score (nSPS) is 15.2. The Bertz CT molecular complexity index is 1250. The average Bonchev–Trinajstić information content (AvgIpc) is 2.83. The SMILES string of the molecule is C[C@@H](C(=O)NC1CCCCC1)N(Cc1cccc(Cl)c1)C(=O)CN(c1cc(Cl)c(Cl)cc1Cl)S(C)(=O)=O. The molecule has 1 N–H and O–H groups in total. The van der Waals surface area contributed by atoms with Gasteiger partial charge in [-0.15, -0.1) is 0 Å². The summed E-state index contributed by atoms with van der Waals surface area (Å²) in [6.07, 6.45) is 5.95. The Balaban J connectivity index is 1.92. The van der Waals surface area contributed by atoms with E-state index in [0.29, 0.717) is 10.6 Å². The summed E-state index contributed by atoms with van der Waals surface area (Å²) in [7, 11) is -3.97. The highest BCUT2D eigenvalue weighted by molar-refractivity contribution is 7.92. The van der Waals surface area contributed by atoms with Crippen molar-refractivity contribution in [3.05, 3.63) is 62.1 Å². The third kappa shape index (κ3) is 8.14. The fourth-order valence-corrected chi connectivity index (χ4v) is 6.04. The molecule has 12 heteroatoms. The maximum atomic E-state index is 13.7. The number of nitrogens with one attached hydrogen (secondary N) is 1. The molecule has 0 bridgehead atoms. The first-order chi connectivity index (χ1) is 17.4. The lowest BCUT2D eigenvalue weighted by atomic mass is 9.95. The van der Waals surface area contributed by atoms with E-state index in [9.17, 15) is 18.0 Å². The maximum absolute atomic E-state index is 13.7. The molecule has 1 atom stereocenters. The van der Waals surface area contributed by atoms with Crippen LogP contribution >= 0.6 is 46.4 Å². The number of amides is 2. The Morgan fingerprint density at radius 1 is 1.00 bits per heavy atom. The van der Waals surface area contributed by atoms with Crippen LogP contribution in [-0.2, 0) is 26.2 Å². The van der Waals surface area contributed by atoms with Gasteiger partial charge in [0.15, 0.2) is 0 Å². The van der Waals surface area contributed by atoms with Crippen molar-refractivity contribution in [3.63, 3.8) is 0 Å². The third-order valence-electron chi connectivity index (χ3n) is 6.30. The van der Waals surface area contributed by atoms with Crippen LogP contribution in [0.4, 0.5) is 5.69 Å². The number of nitrogens with zero attached hydrogens (tertiary/aromatic N) is 2. The van der Waals surface area contributed by atoms with Gasteiger partial charge in [-0.05, 0) is 49.6 Å². The zero-order chi connectivity index (χ0) is 27.3. The van der Waals surface area contributed by atoms with Gasteiger partial charge in [-0.1, -0.05) is 77.8 Å². The fourth-order valence-electron chi connectivity index (χ4n) is 4.28. The molecular formula is C25H29Cl4N3O4S. The molecule has 0 spiro atoms. The monoisotopic (exact) mass is 607 g/mol. The number of carbonyl (C=O) groups is 2. The lowest BCUT2D eigenvalue weighted by Crippen LogP contribution is -2.53. The van der Waals surface area contributed by atoms with E-state index >= 15 is 0 Å². The van der Waals surface area contributed by atoms with E-state index in [-0.39, 0.29) is 39.2 Å². The van der Waals surface area contributed by atoms with Crippen molar-refractivity contribution in [2.45, 2.75) is 57.7 Å². The molecule has 0 aliphatic heterocycles. The largest absolute Gasteiger partial charge is 0.352 e. The standard InChI is InChI=1S/C25H29Cl4N3O4S/c1-16(25(34)30-19-9-4-3-5-10-19)31(14-17-7-6-8-18(26)11-17)24(33)15-32(37(2,35)36)23-13-21(28)20(27)12-22(23)29/h6-8,11-13,16,19H,3-5,9-10,14-15H2,1-2H3,(H,30,34)/t16-/m0/s1. The first-order valence-electron chi connectivity index (χ1n) is 11.8. The molecule has 2 aromatic rings. The summed E-state index contributed by atoms with van der Waals surface area (Å²) in [6, 6.07) is 8.70. The third-order valence-corrected chi connectivity index (χ3v) is 8.68.